The van der Waals surface area contributed by atoms with E-state index in [-0.39, 0.29) is 20.1 Å². The standard InChI is InChI=1S/C23H15N2O.C11H8N.Ir/c1-2-7-16(8-3-1)15-17-12-13-19-18-9-6-10-20(21-11-4-5-14-24-21)22(18)26-23(19)25-17;1-2-6-10(7-3-1)11-8-4-5-9-12-11;/h1-9,11-14H,15H2;1-6,8-9H;/q2*-1;/i15D2;;. The maximum Gasteiger partial charge on any atom is 0.216 e. The van der Waals surface area contributed by atoms with Crippen molar-refractivity contribution in [2.75, 3.05) is 0 Å². The summed E-state index contributed by atoms with van der Waals surface area (Å²) in [6.45, 7) is 0. The molecule has 39 heavy (non-hydrogen) atoms. The number of furan rings is 1. The zero-order valence-corrected chi connectivity index (χ0v) is 23.1. The van der Waals surface area contributed by atoms with Gasteiger partial charge in [0.2, 0.25) is 5.71 Å². The van der Waals surface area contributed by atoms with Crippen LogP contribution >= 0.6 is 0 Å². The van der Waals surface area contributed by atoms with Crippen LogP contribution in [0.15, 0.2) is 132 Å². The predicted octanol–water partition coefficient (Wildman–Crippen LogP) is 7.98. The molecule has 0 bridgehead atoms. The fourth-order valence-corrected chi connectivity index (χ4v) is 4.14. The molecule has 7 aromatic rings. The Labute approximate surface area is 243 Å². The van der Waals surface area contributed by atoms with Crippen LogP contribution < -0.4 is 0 Å². The zero-order valence-electron chi connectivity index (χ0n) is 22.7. The topological polar surface area (TPSA) is 51.8 Å². The first-order chi connectivity index (χ1) is 19.6. The molecule has 0 aliphatic heterocycles. The smallest absolute Gasteiger partial charge is 0.216 e. The molecule has 0 N–H and O–H groups in total. The van der Waals surface area contributed by atoms with Gasteiger partial charge in [0.1, 0.15) is 0 Å². The minimum Gasteiger partial charge on any atom is -0.486 e. The third-order valence-electron chi connectivity index (χ3n) is 5.92. The molecule has 191 valence electrons. The second kappa shape index (κ2) is 12.4. The Bertz CT molecular complexity index is 1830. The SMILES string of the molecule is [2H]C([2H])(c1ccccc1)c1ccc2c(n1)oc1c(-c3ccccn3)[c-]ccc12.[Ir].[c-]1ccccc1-c1ccccn1. The van der Waals surface area contributed by atoms with Gasteiger partial charge in [0.15, 0.2) is 0 Å². The molecule has 0 atom stereocenters. The predicted molar refractivity (Wildman–Crippen MR) is 151 cm³/mol. The normalized spacial score (nSPS) is 11.6. The van der Waals surface area contributed by atoms with Crippen LogP contribution in [0.25, 0.3) is 44.6 Å². The minimum atomic E-state index is -1.72. The average molecular weight is 684 g/mol. The van der Waals surface area contributed by atoms with Gasteiger partial charge in [-0.15, -0.1) is 54.1 Å². The summed E-state index contributed by atoms with van der Waals surface area (Å²) in [4.78, 5) is 13.1. The molecule has 0 fully saturated rings. The molecule has 0 saturated heterocycles. The average Bonchev–Trinajstić information content (AvgIpc) is 3.41. The van der Waals surface area contributed by atoms with E-state index in [1.807, 2.05) is 97.1 Å². The molecule has 0 aliphatic carbocycles. The third-order valence-corrected chi connectivity index (χ3v) is 5.92. The van der Waals surface area contributed by atoms with Crippen molar-refractivity contribution in [3.63, 3.8) is 0 Å². The molecule has 1 radical (unpaired) electrons. The monoisotopic (exact) mass is 684 g/mol. The Balaban J connectivity index is 0.000000218. The van der Waals surface area contributed by atoms with Crippen molar-refractivity contribution in [1.29, 1.82) is 0 Å². The maximum absolute atomic E-state index is 8.54. The maximum atomic E-state index is 8.54. The summed E-state index contributed by atoms with van der Waals surface area (Å²) in [5.74, 6) is 0. The van der Waals surface area contributed by atoms with E-state index in [0.29, 0.717) is 22.6 Å². The van der Waals surface area contributed by atoms with E-state index in [1.54, 1.807) is 30.6 Å². The van der Waals surface area contributed by atoms with Gasteiger partial charge in [0.05, 0.1) is 5.58 Å². The molecule has 4 nitrogen and oxygen atoms in total. The van der Waals surface area contributed by atoms with E-state index in [9.17, 15) is 0 Å². The van der Waals surface area contributed by atoms with Crippen LogP contribution in [-0.4, -0.2) is 15.0 Å². The van der Waals surface area contributed by atoms with E-state index < -0.39 is 6.37 Å². The third kappa shape index (κ3) is 6.01. The molecule has 4 aromatic heterocycles. The summed E-state index contributed by atoms with van der Waals surface area (Å²) < 4.78 is 23.1. The largest absolute Gasteiger partial charge is 0.486 e. The van der Waals surface area contributed by atoms with E-state index in [2.05, 4.69) is 27.1 Å². The summed E-state index contributed by atoms with van der Waals surface area (Å²) in [7, 11) is 0. The number of pyridine rings is 3. The van der Waals surface area contributed by atoms with Crippen LogP contribution in [0.5, 0.6) is 0 Å². The Morgan fingerprint density at radius 3 is 2.13 bits per heavy atom. The summed E-state index contributed by atoms with van der Waals surface area (Å²) >= 11 is 0. The second-order valence-electron chi connectivity index (χ2n) is 8.44. The van der Waals surface area contributed by atoms with Crippen molar-refractivity contribution in [1.82, 2.24) is 15.0 Å². The molecule has 3 aromatic carbocycles. The zero-order chi connectivity index (χ0) is 27.4. The summed E-state index contributed by atoms with van der Waals surface area (Å²) in [6, 6.07) is 42.1. The molecule has 5 heteroatoms. The molecule has 0 unspecified atom stereocenters. The fraction of sp³-hybridized carbons (Fsp3) is 0.0294. The Morgan fingerprint density at radius 2 is 1.41 bits per heavy atom. The van der Waals surface area contributed by atoms with Gasteiger partial charge in [-0.05, 0) is 41.2 Å². The number of hydrogen-bond acceptors (Lipinski definition) is 4. The van der Waals surface area contributed by atoms with Crippen LogP contribution in [0.3, 0.4) is 0 Å². The number of hydrogen-bond donors (Lipinski definition) is 0. The summed E-state index contributed by atoms with van der Waals surface area (Å²) in [5.41, 5.74) is 5.48. The first-order valence-corrected chi connectivity index (χ1v) is 12.2. The number of nitrogens with zero attached hydrogens (tertiary/aromatic N) is 3. The van der Waals surface area contributed by atoms with Crippen LogP contribution in [0.4, 0.5) is 0 Å². The second-order valence-corrected chi connectivity index (χ2v) is 8.44. The van der Waals surface area contributed by atoms with Crippen molar-refractivity contribution < 1.29 is 27.3 Å². The van der Waals surface area contributed by atoms with Gasteiger partial charge >= 0.3 is 0 Å². The summed E-state index contributed by atoms with van der Waals surface area (Å²) in [5, 5.41) is 1.75. The quantitative estimate of drug-likeness (QED) is 0.177. The molecular formula is C34H23IrN3O-2. The number of rotatable bonds is 4. The van der Waals surface area contributed by atoms with Crippen molar-refractivity contribution in [2.45, 2.75) is 6.37 Å². The van der Waals surface area contributed by atoms with Gasteiger partial charge in [-0.1, -0.05) is 65.5 Å². The van der Waals surface area contributed by atoms with Crippen molar-refractivity contribution in [2.24, 2.45) is 0 Å². The van der Waals surface area contributed by atoms with Gasteiger partial charge in [-0.25, -0.2) is 4.98 Å². The fourth-order valence-electron chi connectivity index (χ4n) is 4.14. The van der Waals surface area contributed by atoms with E-state index in [1.165, 1.54) is 0 Å². The van der Waals surface area contributed by atoms with Gasteiger partial charge < -0.3 is 14.4 Å². The Kier molecular flexibility index (Phi) is 7.52. The van der Waals surface area contributed by atoms with Crippen molar-refractivity contribution in [3.05, 3.63) is 151 Å². The van der Waals surface area contributed by atoms with Gasteiger partial charge in [-0.2, -0.15) is 0 Å². The Morgan fingerprint density at radius 1 is 0.667 bits per heavy atom. The molecule has 0 spiro atoms. The van der Waals surface area contributed by atoms with Gasteiger partial charge in [0, 0.05) is 52.7 Å². The van der Waals surface area contributed by atoms with Gasteiger partial charge in [0.25, 0.3) is 0 Å². The van der Waals surface area contributed by atoms with Crippen LogP contribution in [0, 0.1) is 12.1 Å². The molecular weight excluding hydrogens is 659 g/mol. The van der Waals surface area contributed by atoms with Crippen molar-refractivity contribution in [3.8, 4) is 22.5 Å². The van der Waals surface area contributed by atoms with E-state index in [0.717, 1.165) is 33.3 Å². The first-order valence-electron chi connectivity index (χ1n) is 13.2. The van der Waals surface area contributed by atoms with E-state index >= 15 is 0 Å². The molecule has 0 saturated carbocycles. The molecule has 0 amide bonds. The first kappa shape index (κ1) is 23.7. The van der Waals surface area contributed by atoms with E-state index in [4.69, 9.17) is 7.16 Å². The number of benzene rings is 3. The minimum absolute atomic E-state index is 0. The Hall–Kier alpha value is -4.44. The molecule has 0 aliphatic rings. The van der Waals surface area contributed by atoms with Crippen molar-refractivity contribution >= 4 is 22.1 Å². The molecule has 7 rings (SSSR count). The number of fused-ring (bicyclic) bond motifs is 3. The van der Waals surface area contributed by atoms with Crippen LogP contribution in [-0.2, 0) is 26.5 Å². The summed E-state index contributed by atoms with van der Waals surface area (Å²) in [6.07, 6.45) is 1.80. The van der Waals surface area contributed by atoms with Crippen LogP contribution in [0.1, 0.15) is 14.0 Å². The molecule has 4 heterocycles. The number of aromatic nitrogens is 3. The van der Waals surface area contributed by atoms with Gasteiger partial charge in [-0.3, -0.25) is 0 Å². The van der Waals surface area contributed by atoms with Crippen LogP contribution in [0.2, 0.25) is 0 Å².